The van der Waals surface area contributed by atoms with Crippen LogP contribution in [0.25, 0.3) is 5.52 Å². The van der Waals surface area contributed by atoms with Gasteiger partial charge in [0.1, 0.15) is 11.2 Å². The average Bonchev–Trinajstić information content (AvgIpc) is 3.10. The Morgan fingerprint density at radius 2 is 2.09 bits per heavy atom. The molecule has 10 nitrogen and oxygen atoms in total. The van der Waals surface area contributed by atoms with Gasteiger partial charge in [0.2, 0.25) is 0 Å². The van der Waals surface area contributed by atoms with Gasteiger partial charge >= 0.3 is 6.09 Å². The zero-order chi connectivity index (χ0) is 23.0. The fourth-order valence-electron chi connectivity index (χ4n) is 4.19. The summed E-state index contributed by atoms with van der Waals surface area (Å²) < 4.78 is 2.60. The van der Waals surface area contributed by atoms with E-state index in [9.17, 15) is 14.4 Å². The average molecular weight is 459 g/mol. The molecule has 2 amide bonds. The molecule has 0 saturated carbocycles. The number of benzene rings is 1. The predicted octanol–water partition coefficient (Wildman–Crippen LogP) is 1.61. The van der Waals surface area contributed by atoms with Crippen LogP contribution in [-0.4, -0.2) is 50.4 Å². The predicted molar refractivity (Wildman–Crippen MR) is 120 cm³/mol. The molecule has 1 aliphatic heterocycles. The Labute approximate surface area is 188 Å². The van der Waals surface area contributed by atoms with Crippen molar-refractivity contribution in [2.45, 2.75) is 25.3 Å². The number of hydrogen-bond donors (Lipinski definition) is 3. The number of primary amides is 1. The minimum Gasteiger partial charge on any atom is -0.465 e. The molecule has 4 rings (SSSR count). The summed E-state index contributed by atoms with van der Waals surface area (Å²) in [6.07, 6.45) is 2.17. The number of rotatable bonds is 5. The first-order valence-electron chi connectivity index (χ1n) is 10.1. The molecule has 1 saturated heterocycles. The van der Waals surface area contributed by atoms with Crippen LogP contribution in [0.5, 0.6) is 0 Å². The first-order valence-corrected chi connectivity index (χ1v) is 10.5. The van der Waals surface area contributed by atoms with Gasteiger partial charge in [-0.3, -0.25) is 9.59 Å². The van der Waals surface area contributed by atoms with E-state index in [1.54, 1.807) is 6.07 Å². The first-order chi connectivity index (χ1) is 15.3. The van der Waals surface area contributed by atoms with Crippen molar-refractivity contribution in [3.05, 3.63) is 62.7 Å². The number of fused-ring (bicyclic) bond motifs is 1. The van der Waals surface area contributed by atoms with Crippen LogP contribution in [-0.2, 0) is 13.5 Å². The minimum atomic E-state index is -1.08. The van der Waals surface area contributed by atoms with Crippen LogP contribution in [0.15, 0.2) is 35.3 Å². The Morgan fingerprint density at radius 1 is 1.34 bits per heavy atom. The Kier molecular flexibility index (Phi) is 5.79. The van der Waals surface area contributed by atoms with Crippen molar-refractivity contribution >= 4 is 34.9 Å². The number of halogens is 1. The quantitative estimate of drug-likeness (QED) is 0.531. The van der Waals surface area contributed by atoms with Crippen molar-refractivity contribution in [3.8, 4) is 0 Å². The van der Waals surface area contributed by atoms with Crippen molar-refractivity contribution in [2.24, 2.45) is 12.8 Å². The second kappa shape index (κ2) is 8.54. The summed E-state index contributed by atoms with van der Waals surface area (Å²) >= 11 is 6.39. The summed E-state index contributed by atoms with van der Waals surface area (Å²) in [6.45, 7) is 1.06. The summed E-state index contributed by atoms with van der Waals surface area (Å²) in [5.74, 6) is -0.180. The van der Waals surface area contributed by atoms with Crippen LogP contribution in [0.1, 0.15) is 34.5 Å². The van der Waals surface area contributed by atoms with Crippen LogP contribution in [0.3, 0.4) is 0 Å². The molecule has 168 valence electrons. The van der Waals surface area contributed by atoms with Gasteiger partial charge in [0, 0.05) is 43.2 Å². The molecule has 0 spiro atoms. The van der Waals surface area contributed by atoms with Crippen molar-refractivity contribution in [3.63, 3.8) is 0 Å². The third kappa shape index (κ3) is 4.01. The van der Waals surface area contributed by atoms with Crippen LogP contribution in [0, 0.1) is 0 Å². The second-order valence-electron chi connectivity index (χ2n) is 7.84. The van der Waals surface area contributed by atoms with E-state index in [1.807, 2.05) is 23.1 Å². The molecule has 1 fully saturated rings. The van der Waals surface area contributed by atoms with Gasteiger partial charge < -0.3 is 25.6 Å². The van der Waals surface area contributed by atoms with E-state index in [2.05, 4.69) is 10.4 Å². The summed E-state index contributed by atoms with van der Waals surface area (Å²) in [6, 6.07) is 7.09. The first kappa shape index (κ1) is 21.7. The van der Waals surface area contributed by atoms with Crippen LogP contribution < -0.4 is 21.5 Å². The fraction of sp³-hybridized carbons (Fsp3) is 0.333. The van der Waals surface area contributed by atoms with Crippen molar-refractivity contribution < 1.29 is 14.7 Å². The Bertz CT molecular complexity index is 1270. The van der Waals surface area contributed by atoms with Gasteiger partial charge in [0.25, 0.3) is 11.5 Å². The summed E-state index contributed by atoms with van der Waals surface area (Å²) in [4.78, 5) is 38.1. The molecule has 0 bridgehead atoms. The van der Waals surface area contributed by atoms with Gasteiger partial charge in [0.05, 0.1) is 6.20 Å². The summed E-state index contributed by atoms with van der Waals surface area (Å²) in [5, 5.41) is 16.8. The second-order valence-corrected chi connectivity index (χ2v) is 8.25. The summed E-state index contributed by atoms with van der Waals surface area (Å²) in [5.41, 5.74) is 6.87. The van der Waals surface area contributed by atoms with Gasteiger partial charge in [0.15, 0.2) is 5.82 Å². The standard InChI is InChI=1S/C21H23ClN6O4/c1-26-16(18(23)29)11-28-17(20(26)30)14(9-12-5-2-3-7-15(12)22)19(25-28)27-8-4-6-13(10-27)24-21(31)32/h2-3,5,7,11,13,24H,4,6,8-10H2,1H3,(H2,23,29)(H,31,32)/t13-/m1/s1. The number of piperidine rings is 1. The van der Waals surface area contributed by atoms with Crippen molar-refractivity contribution in [1.29, 1.82) is 0 Å². The highest BCUT2D eigenvalue weighted by atomic mass is 35.5. The van der Waals surface area contributed by atoms with E-state index in [0.717, 1.165) is 12.0 Å². The molecule has 1 atom stereocenters. The lowest BCUT2D eigenvalue weighted by molar-refractivity contribution is 0.0990. The molecule has 32 heavy (non-hydrogen) atoms. The lowest BCUT2D eigenvalue weighted by Crippen LogP contribution is -2.47. The van der Waals surface area contributed by atoms with Gasteiger partial charge in [-0.1, -0.05) is 29.8 Å². The van der Waals surface area contributed by atoms with E-state index < -0.39 is 17.6 Å². The van der Waals surface area contributed by atoms with E-state index in [1.165, 1.54) is 22.3 Å². The highest BCUT2D eigenvalue weighted by molar-refractivity contribution is 6.31. The maximum absolute atomic E-state index is 13.2. The molecular weight excluding hydrogens is 436 g/mol. The Morgan fingerprint density at radius 3 is 2.78 bits per heavy atom. The van der Waals surface area contributed by atoms with Gasteiger partial charge in [-0.05, 0) is 24.5 Å². The molecule has 3 heterocycles. The number of nitrogens with zero attached hydrogens (tertiary/aromatic N) is 4. The maximum atomic E-state index is 13.2. The molecule has 1 aliphatic rings. The summed E-state index contributed by atoms with van der Waals surface area (Å²) in [7, 11) is 1.49. The van der Waals surface area contributed by atoms with Gasteiger partial charge in [-0.15, -0.1) is 5.10 Å². The van der Waals surface area contributed by atoms with Gasteiger partial charge in [-0.25, -0.2) is 9.31 Å². The lowest BCUT2D eigenvalue weighted by atomic mass is 10.0. The molecule has 11 heteroatoms. The molecule has 4 N–H and O–H groups in total. The maximum Gasteiger partial charge on any atom is 0.404 e. The molecule has 2 aromatic heterocycles. The van der Waals surface area contributed by atoms with Crippen LogP contribution >= 0.6 is 11.6 Å². The number of aromatic nitrogens is 3. The topological polar surface area (TPSA) is 135 Å². The highest BCUT2D eigenvalue weighted by Gasteiger charge is 2.28. The van der Waals surface area contributed by atoms with E-state index in [0.29, 0.717) is 47.9 Å². The van der Waals surface area contributed by atoms with E-state index in [4.69, 9.17) is 22.4 Å². The monoisotopic (exact) mass is 458 g/mol. The zero-order valence-electron chi connectivity index (χ0n) is 17.4. The molecule has 1 aromatic carbocycles. The SMILES string of the molecule is Cn1c(C(N)=O)cn2nc(N3CCC[C@@H](NC(=O)O)C3)c(Cc3ccccc3Cl)c2c1=O. The fourth-order valence-corrected chi connectivity index (χ4v) is 4.39. The molecule has 0 unspecified atom stereocenters. The zero-order valence-corrected chi connectivity index (χ0v) is 18.2. The molecule has 0 aliphatic carbocycles. The number of hydrogen-bond acceptors (Lipinski definition) is 5. The molecule has 0 radical (unpaired) electrons. The van der Waals surface area contributed by atoms with E-state index in [-0.39, 0.29) is 11.7 Å². The smallest absolute Gasteiger partial charge is 0.404 e. The normalized spacial score (nSPS) is 16.3. The molecule has 3 aromatic rings. The number of nitrogens with one attached hydrogen (secondary N) is 1. The largest absolute Gasteiger partial charge is 0.465 e. The Balaban J connectivity index is 1.88. The third-order valence-electron chi connectivity index (χ3n) is 5.73. The minimum absolute atomic E-state index is 0.0323. The molecular formula is C21H23ClN6O4. The number of nitrogens with two attached hydrogens (primary N) is 1. The van der Waals surface area contributed by atoms with Gasteiger partial charge in [-0.2, -0.15) is 0 Å². The number of carboxylic acid groups (broad SMARTS) is 1. The number of amides is 2. The van der Waals surface area contributed by atoms with Crippen molar-refractivity contribution in [2.75, 3.05) is 18.0 Å². The van der Waals surface area contributed by atoms with Crippen LogP contribution in [0.4, 0.5) is 10.6 Å². The highest BCUT2D eigenvalue weighted by Crippen LogP contribution is 2.30. The lowest BCUT2D eigenvalue weighted by Gasteiger charge is -2.33. The third-order valence-corrected chi connectivity index (χ3v) is 6.10. The Hall–Kier alpha value is -3.53. The number of carbonyl (C=O) groups excluding carboxylic acids is 1. The van der Waals surface area contributed by atoms with E-state index >= 15 is 0 Å². The number of anilines is 1. The number of carbonyl (C=O) groups is 2. The van der Waals surface area contributed by atoms with Crippen molar-refractivity contribution in [1.82, 2.24) is 19.5 Å². The van der Waals surface area contributed by atoms with Crippen LogP contribution in [0.2, 0.25) is 5.02 Å².